The van der Waals surface area contributed by atoms with Gasteiger partial charge in [0, 0.05) is 25.6 Å². The second kappa shape index (κ2) is 8.02. The van der Waals surface area contributed by atoms with E-state index >= 15 is 0 Å². The number of halogens is 1. The van der Waals surface area contributed by atoms with Crippen molar-refractivity contribution in [3.63, 3.8) is 0 Å². The SMILES string of the molecule is CCCNC(Cc1c(Br)c(C)nn1CC)CN(C)C. The third-order valence-electron chi connectivity index (χ3n) is 3.16. The molecule has 1 N–H and O–H groups in total. The Balaban J connectivity index is 2.82. The zero-order valence-electron chi connectivity index (χ0n) is 12.8. The molecule has 1 rings (SSSR count). The van der Waals surface area contributed by atoms with Crippen molar-refractivity contribution in [2.24, 2.45) is 0 Å². The average molecular weight is 331 g/mol. The summed E-state index contributed by atoms with van der Waals surface area (Å²) in [6.45, 7) is 9.43. The van der Waals surface area contributed by atoms with Gasteiger partial charge in [-0.05, 0) is 56.8 Å². The number of aromatic nitrogens is 2. The van der Waals surface area contributed by atoms with Crippen molar-refractivity contribution in [1.29, 1.82) is 0 Å². The Morgan fingerprint density at radius 3 is 2.58 bits per heavy atom. The zero-order chi connectivity index (χ0) is 14.4. The molecule has 1 aromatic heterocycles. The predicted octanol–water partition coefficient (Wildman–Crippen LogP) is 2.45. The summed E-state index contributed by atoms with van der Waals surface area (Å²) in [6.07, 6.45) is 2.17. The molecule has 1 heterocycles. The molecule has 0 bridgehead atoms. The molecule has 0 aliphatic heterocycles. The summed E-state index contributed by atoms with van der Waals surface area (Å²) in [5, 5.41) is 8.20. The highest BCUT2D eigenvalue weighted by Gasteiger charge is 2.17. The monoisotopic (exact) mass is 330 g/mol. The number of likely N-dealkylation sites (N-methyl/N-ethyl adjacent to an activating group) is 1. The van der Waals surface area contributed by atoms with Gasteiger partial charge in [-0.3, -0.25) is 4.68 Å². The standard InChI is InChI=1S/C14H27BrN4/c1-6-8-16-12(10-18(4)5)9-13-14(15)11(3)17-19(13)7-2/h12,16H,6-10H2,1-5H3. The lowest BCUT2D eigenvalue weighted by Gasteiger charge is -2.23. The molecular formula is C14H27BrN4. The van der Waals surface area contributed by atoms with Gasteiger partial charge in [0.05, 0.1) is 15.9 Å². The van der Waals surface area contributed by atoms with Gasteiger partial charge < -0.3 is 10.2 Å². The van der Waals surface area contributed by atoms with Crippen LogP contribution in [0.2, 0.25) is 0 Å². The fraction of sp³-hybridized carbons (Fsp3) is 0.786. The van der Waals surface area contributed by atoms with E-state index in [1.807, 2.05) is 0 Å². The second-order valence-electron chi connectivity index (χ2n) is 5.28. The lowest BCUT2D eigenvalue weighted by atomic mass is 10.1. The molecule has 1 atom stereocenters. The van der Waals surface area contributed by atoms with Crippen LogP contribution in [0, 0.1) is 6.92 Å². The van der Waals surface area contributed by atoms with Crippen LogP contribution in [0.4, 0.5) is 0 Å². The summed E-state index contributed by atoms with van der Waals surface area (Å²) in [5.41, 5.74) is 2.38. The minimum Gasteiger partial charge on any atom is -0.312 e. The van der Waals surface area contributed by atoms with E-state index in [9.17, 15) is 0 Å². The molecule has 1 unspecified atom stereocenters. The molecule has 0 aliphatic carbocycles. The van der Waals surface area contributed by atoms with E-state index in [0.29, 0.717) is 6.04 Å². The smallest absolute Gasteiger partial charge is 0.0738 e. The van der Waals surface area contributed by atoms with Crippen molar-refractivity contribution in [1.82, 2.24) is 20.0 Å². The van der Waals surface area contributed by atoms with Crippen LogP contribution in [0.1, 0.15) is 31.7 Å². The number of nitrogens with zero attached hydrogens (tertiary/aromatic N) is 3. The van der Waals surface area contributed by atoms with E-state index < -0.39 is 0 Å². The molecule has 0 aromatic carbocycles. The lowest BCUT2D eigenvalue weighted by Crippen LogP contribution is -2.40. The van der Waals surface area contributed by atoms with Crippen LogP contribution in [0.25, 0.3) is 0 Å². The first-order valence-electron chi connectivity index (χ1n) is 7.09. The van der Waals surface area contributed by atoms with Gasteiger partial charge in [0.25, 0.3) is 0 Å². The maximum atomic E-state index is 4.57. The molecule has 0 saturated heterocycles. The number of rotatable bonds is 8. The van der Waals surface area contributed by atoms with Crippen LogP contribution >= 0.6 is 15.9 Å². The highest BCUT2D eigenvalue weighted by molar-refractivity contribution is 9.10. The molecule has 0 aliphatic rings. The molecule has 0 saturated carbocycles. The fourth-order valence-corrected chi connectivity index (χ4v) is 2.73. The van der Waals surface area contributed by atoms with Crippen molar-refractivity contribution in [3.05, 3.63) is 15.9 Å². The van der Waals surface area contributed by atoms with Gasteiger partial charge >= 0.3 is 0 Å². The summed E-state index contributed by atoms with van der Waals surface area (Å²) in [7, 11) is 4.25. The van der Waals surface area contributed by atoms with E-state index in [2.05, 4.69) is 70.8 Å². The molecule has 0 radical (unpaired) electrons. The zero-order valence-corrected chi connectivity index (χ0v) is 14.4. The van der Waals surface area contributed by atoms with Crippen molar-refractivity contribution in [3.8, 4) is 0 Å². The molecule has 0 fully saturated rings. The first kappa shape index (κ1) is 16.7. The van der Waals surface area contributed by atoms with Gasteiger partial charge in [0.15, 0.2) is 0 Å². The van der Waals surface area contributed by atoms with E-state index in [1.165, 1.54) is 5.69 Å². The molecule has 110 valence electrons. The van der Waals surface area contributed by atoms with Crippen LogP contribution < -0.4 is 5.32 Å². The Morgan fingerprint density at radius 1 is 1.37 bits per heavy atom. The summed E-state index contributed by atoms with van der Waals surface area (Å²) >= 11 is 3.68. The average Bonchev–Trinajstić information content (AvgIpc) is 2.63. The van der Waals surface area contributed by atoms with Crippen LogP contribution in [0.15, 0.2) is 4.47 Å². The van der Waals surface area contributed by atoms with E-state index in [4.69, 9.17) is 0 Å². The first-order valence-corrected chi connectivity index (χ1v) is 7.88. The molecule has 4 nitrogen and oxygen atoms in total. The van der Waals surface area contributed by atoms with Crippen LogP contribution in [0.3, 0.4) is 0 Å². The second-order valence-corrected chi connectivity index (χ2v) is 6.07. The highest BCUT2D eigenvalue weighted by atomic mass is 79.9. The van der Waals surface area contributed by atoms with Crippen molar-refractivity contribution in [2.45, 2.75) is 46.2 Å². The Morgan fingerprint density at radius 2 is 2.05 bits per heavy atom. The van der Waals surface area contributed by atoms with E-state index in [-0.39, 0.29) is 0 Å². The topological polar surface area (TPSA) is 33.1 Å². The third-order valence-corrected chi connectivity index (χ3v) is 4.19. The molecule has 0 spiro atoms. The van der Waals surface area contributed by atoms with Gasteiger partial charge in [-0.1, -0.05) is 6.92 Å². The Kier molecular flexibility index (Phi) is 7.04. The number of hydrogen-bond acceptors (Lipinski definition) is 3. The minimum atomic E-state index is 0.465. The van der Waals surface area contributed by atoms with E-state index in [1.54, 1.807) is 0 Å². The maximum absolute atomic E-state index is 4.57. The van der Waals surface area contributed by atoms with Crippen molar-refractivity contribution in [2.75, 3.05) is 27.2 Å². The van der Waals surface area contributed by atoms with Gasteiger partial charge in [0.2, 0.25) is 0 Å². The van der Waals surface area contributed by atoms with Crippen molar-refractivity contribution < 1.29 is 0 Å². The largest absolute Gasteiger partial charge is 0.312 e. The van der Waals surface area contributed by atoms with E-state index in [0.717, 1.165) is 42.6 Å². The maximum Gasteiger partial charge on any atom is 0.0738 e. The third kappa shape index (κ3) is 4.89. The Labute approximate surface area is 125 Å². The summed E-state index contributed by atoms with van der Waals surface area (Å²) < 4.78 is 3.27. The summed E-state index contributed by atoms with van der Waals surface area (Å²) in [6, 6.07) is 0.465. The molecule has 19 heavy (non-hydrogen) atoms. The first-order chi connectivity index (χ1) is 8.99. The Bertz CT molecular complexity index is 387. The summed E-state index contributed by atoms with van der Waals surface area (Å²) in [5.74, 6) is 0. The minimum absolute atomic E-state index is 0.465. The summed E-state index contributed by atoms with van der Waals surface area (Å²) in [4.78, 5) is 2.24. The molecule has 0 amide bonds. The van der Waals surface area contributed by atoms with Crippen LogP contribution in [-0.2, 0) is 13.0 Å². The molecule has 1 aromatic rings. The number of aryl methyl sites for hydroxylation is 2. The number of nitrogens with one attached hydrogen (secondary N) is 1. The normalized spacial score (nSPS) is 13.2. The van der Waals surface area contributed by atoms with Gasteiger partial charge in [0.1, 0.15) is 0 Å². The predicted molar refractivity (Wildman–Crippen MR) is 84.7 cm³/mol. The number of hydrogen-bond donors (Lipinski definition) is 1. The van der Waals surface area contributed by atoms with Crippen LogP contribution in [-0.4, -0.2) is 47.9 Å². The highest BCUT2D eigenvalue weighted by Crippen LogP contribution is 2.22. The molecular weight excluding hydrogens is 304 g/mol. The van der Waals surface area contributed by atoms with Crippen LogP contribution in [0.5, 0.6) is 0 Å². The van der Waals surface area contributed by atoms with Gasteiger partial charge in [-0.2, -0.15) is 5.10 Å². The van der Waals surface area contributed by atoms with Crippen molar-refractivity contribution >= 4 is 15.9 Å². The quantitative estimate of drug-likeness (QED) is 0.794. The molecule has 5 heteroatoms. The van der Waals surface area contributed by atoms with Gasteiger partial charge in [-0.15, -0.1) is 0 Å². The fourth-order valence-electron chi connectivity index (χ4n) is 2.29. The van der Waals surface area contributed by atoms with Gasteiger partial charge in [-0.25, -0.2) is 0 Å². The lowest BCUT2D eigenvalue weighted by molar-refractivity contribution is 0.332. The Hall–Kier alpha value is -0.390.